The number of carbonyl (C=O) groups excluding carboxylic acids is 2. The van der Waals surface area contributed by atoms with Crippen LogP contribution >= 0.6 is 22.9 Å². The maximum Gasteiger partial charge on any atom is 0.264 e. The SMILES string of the molecule is [2H]c1c(C(=O)N(CCC)CC(=O)N2CCC(C3CCN(C)CC3)CC2)sc2cc(Cl)ccc12. The molecule has 2 aliphatic rings. The minimum atomic E-state index is -0.228. The summed E-state index contributed by atoms with van der Waals surface area (Å²) < 4.78 is 9.31. The van der Waals surface area contributed by atoms with Crippen molar-refractivity contribution in [2.75, 3.05) is 46.3 Å². The number of thiophene rings is 1. The Bertz CT molecular complexity index is 997. The van der Waals surface area contributed by atoms with Crippen LogP contribution in [0.2, 0.25) is 5.02 Å². The summed E-state index contributed by atoms with van der Waals surface area (Å²) in [6.07, 6.45) is 5.43. The average Bonchev–Trinajstić information content (AvgIpc) is 3.14. The van der Waals surface area contributed by atoms with Gasteiger partial charge in [0.05, 0.1) is 6.25 Å². The number of halogens is 1. The number of hydrogen-bond donors (Lipinski definition) is 0. The highest BCUT2D eigenvalue weighted by Gasteiger charge is 2.31. The Balaban J connectivity index is 1.38. The fraction of sp³-hybridized carbons (Fsp3) is 0.600. The molecule has 0 bridgehead atoms. The van der Waals surface area contributed by atoms with Gasteiger partial charge in [0.25, 0.3) is 5.91 Å². The van der Waals surface area contributed by atoms with Crippen molar-refractivity contribution in [1.29, 1.82) is 0 Å². The van der Waals surface area contributed by atoms with E-state index in [-0.39, 0.29) is 24.4 Å². The molecule has 4 rings (SSSR count). The van der Waals surface area contributed by atoms with Crippen LogP contribution in [0.1, 0.15) is 50.1 Å². The van der Waals surface area contributed by atoms with Gasteiger partial charge in [-0.15, -0.1) is 11.3 Å². The molecule has 0 radical (unpaired) electrons. The Morgan fingerprint density at radius 2 is 1.81 bits per heavy atom. The molecule has 1 aromatic heterocycles. The van der Waals surface area contributed by atoms with E-state index in [9.17, 15) is 9.59 Å². The standard InChI is InChI=1S/C25H34ClN3O2S/c1-3-10-29(25(31)23-15-20-4-5-21(26)16-22(20)32-23)17-24(30)28-13-8-19(9-14-28)18-6-11-27(2)12-7-18/h4-5,15-16,18-19H,3,6-14,17H2,1-2H3/i15D. The zero-order chi connectivity index (χ0) is 23.5. The van der Waals surface area contributed by atoms with Crippen LogP contribution in [0.15, 0.2) is 24.2 Å². The molecule has 0 aliphatic carbocycles. The molecular formula is C25H34ClN3O2S. The third-order valence-electron chi connectivity index (χ3n) is 7.03. The van der Waals surface area contributed by atoms with E-state index in [1.807, 2.05) is 11.8 Å². The second kappa shape index (κ2) is 10.5. The second-order valence-electron chi connectivity index (χ2n) is 9.28. The van der Waals surface area contributed by atoms with E-state index in [4.69, 9.17) is 13.0 Å². The fourth-order valence-electron chi connectivity index (χ4n) is 5.09. The molecule has 0 unspecified atom stereocenters. The van der Waals surface area contributed by atoms with Gasteiger partial charge >= 0.3 is 0 Å². The number of piperidine rings is 2. The van der Waals surface area contributed by atoms with Gasteiger partial charge in [0.1, 0.15) is 6.54 Å². The van der Waals surface area contributed by atoms with Gasteiger partial charge in [-0.2, -0.15) is 0 Å². The van der Waals surface area contributed by atoms with Crippen LogP contribution in [0.4, 0.5) is 0 Å². The lowest BCUT2D eigenvalue weighted by atomic mass is 9.79. The summed E-state index contributed by atoms with van der Waals surface area (Å²) in [5, 5.41) is 1.32. The van der Waals surface area contributed by atoms with Crippen LogP contribution in [0.3, 0.4) is 0 Å². The maximum atomic E-state index is 13.3. The van der Waals surface area contributed by atoms with Crippen LogP contribution in [0, 0.1) is 11.8 Å². The van der Waals surface area contributed by atoms with Gasteiger partial charge in [-0.25, -0.2) is 0 Å². The van der Waals surface area contributed by atoms with Crippen LogP contribution in [0.5, 0.6) is 0 Å². The van der Waals surface area contributed by atoms with Gasteiger partial charge in [-0.1, -0.05) is 24.6 Å². The van der Waals surface area contributed by atoms with Crippen molar-refractivity contribution >= 4 is 44.8 Å². The minimum absolute atomic E-state index is 0.0225. The highest BCUT2D eigenvalue weighted by Crippen LogP contribution is 2.32. The van der Waals surface area contributed by atoms with E-state index in [1.54, 1.807) is 23.1 Å². The van der Waals surface area contributed by atoms with Crippen LogP contribution in [0.25, 0.3) is 10.1 Å². The van der Waals surface area contributed by atoms with Crippen LogP contribution in [-0.4, -0.2) is 72.8 Å². The number of carbonyl (C=O) groups is 2. The van der Waals surface area contributed by atoms with E-state index in [2.05, 4.69) is 11.9 Å². The Morgan fingerprint density at radius 3 is 2.47 bits per heavy atom. The number of fused-ring (bicyclic) bond motifs is 1. The Labute approximate surface area is 201 Å². The molecular weight excluding hydrogens is 442 g/mol. The molecule has 0 spiro atoms. The predicted molar refractivity (Wildman–Crippen MR) is 133 cm³/mol. The molecule has 7 heteroatoms. The van der Waals surface area contributed by atoms with Crippen molar-refractivity contribution in [1.82, 2.24) is 14.7 Å². The fourth-order valence-corrected chi connectivity index (χ4v) is 6.34. The lowest BCUT2D eigenvalue weighted by molar-refractivity contribution is -0.133. The van der Waals surface area contributed by atoms with E-state index < -0.39 is 0 Å². The van der Waals surface area contributed by atoms with Gasteiger partial charge in [-0.05, 0) is 87.6 Å². The lowest BCUT2D eigenvalue weighted by Gasteiger charge is -2.39. The number of rotatable bonds is 6. The molecule has 2 aromatic rings. The normalized spacial score (nSPS) is 19.3. The van der Waals surface area contributed by atoms with Crippen molar-refractivity contribution in [2.45, 2.75) is 39.0 Å². The third kappa shape index (κ3) is 5.46. The van der Waals surface area contributed by atoms with Crippen molar-refractivity contribution in [3.8, 4) is 0 Å². The molecule has 0 atom stereocenters. The summed E-state index contributed by atoms with van der Waals surface area (Å²) in [5.41, 5.74) is 0. The first-order valence-corrected chi connectivity index (χ1v) is 13.0. The summed E-state index contributed by atoms with van der Waals surface area (Å²) in [4.78, 5) is 32.8. The number of likely N-dealkylation sites (tertiary alicyclic amines) is 2. The van der Waals surface area contributed by atoms with Crippen molar-refractivity contribution in [3.05, 3.63) is 34.1 Å². The highest BCUT2D eigenvalue weighted by molar-refractivity contribution is 7.20. The molecule has 2 fully saturated rings. The zero-order valence-electron chi connectivity index (χ0n) is 20.1. The number of benzene rings is 1. The second-order valence-corrected chi connectivity index (χ2v) is 10.8. The third-order valence-corrected chi connectivity index (χ3v) is 8.30. The van der Waals surface area contributed by atoms with E-state index in [0.717, 1.165) is 48.4 Å². The quantitative estimate of drug-likeness (QED) is 0.590. The summed E-state index contributed by atoms with van der Waals surface area (Å²) in [6, 6.07) is 5.55. The molecule has 2 amide bonds. The van der Waals surface area contributed by atoms with Gasteiger partial charge in [0, 0.05) is 29.4 Å². The van der Waals surface area contributed by atoms with Crippen molar-refractivity contribution in [2.24, 2.45) is 11.8 Å². The zero-order valence-corrected chi connectivity index (χ0v) is 20.7. The Morgan fingerprint density at radius 1 is 1.16 bits per heavy atom. The van der Waals surface area contributed by atoms with E-state index >= 15 is 0 Å². The monoisotopic (exact) mass is 476 g/mol. The van der Waals surface area contributed by atoms with Gasteiger partial charge in [0.15, 0.2) is 0 Å². The molecule has 0 N–H and O–H groups in total. The Hall–Kier alpha value is -1.63. The first kappa shape index (κ1) is 22.2. The van der Waals surface area contributed by atoms with Crippen LogP contribution in [-0.2, 0) is 4.79 Å². The van der Waals surface area contributed by atoms with Gasteiger partial charge in [0.2, 0.25) is 5.91 Å². The number of hydrogen-bond acceptors (Lipinski definition) is 4. The Kier molecular flexibility index (Phi) is 7.30. The molecule has 2 aliphatic heterocycles. The smallest absolute Gasteiger partial charge is 0.264 e. The topological polar surface area (TPSA) is 43.9 Å². The molecule has 0 saturated carbocycles. The summed E-state index contributed by atoms with van der Waals surface area (Å²) in [5.74, 6) is 1.30. The minimum Gasteiger partial charge on any atom is -0.341 e. The van der Waals surface area contributed by atoms with Crippen molar-refractivity contribution in [3.63, 3.8) is 0 Å². The first-order chi connectivity index (χ1) is 15.9. The molecule has 32 heavy (non-hydrogen) atoms. The molecule has 1 aromatic carbocycles. The van der Waals surface area contributed by atoms with Gasteiger partial charge < -0.3 is 14.7 Å². The predicted octanol–water partition coefficient (Wildman–Crippen LogP) is 4.99. The van der Waals surface area contributed by atoms with E-state index in [0.29, 0.717) is 22.4 Å². The van der Waals surface area contributed by atoms with Crippen molar-refractivity contribution < 1.29 is 11.0 Å². The highest BCUT2D eigenvalue weighted by atomic mass is 35.5. The average molecular weight is 477 g/mol. The maximum absolute atomic E-state index is 13.3. The summed E-state index contributed by atoms with van der Waals surface area (Å²) >= 11 is 7.38. The van der Waals surface area contributed by atoms with E-state index in [1.165, 1.54) is 37.3 Å². The molecule has 5 nitrogen and oxygen atoms in total. The first-order valence-electron chi connectivity index (χ1n) is 12.3. The molecule has 174 valence electrons. The van der Waals surface area contributed by atoms with Gasteiger partial charge in [-0.3, -0.25) is 9.59 Å². The lowest BCUT2D eigenvalue weighted by Crippen LogP contribution is -2.47. The number of nitrogens with zero attached hydrogens (tertiary/aromatic N) is 3. The summed E-state index contributed by atoms with van der Waals surface area (Å²) in [6.45, 7) is 6.53. The van der Waals surface area contributed by atoms with Crippen LogP contribution < -0.4 is 0 Å². The molecule has 3 heterocycles. The molecule has 2 saturated heterocycles. The summed E-state index contributed by atoms with van der Waals surface area (Å²) in [7, 11) is 2.19. The number of amides is 2. The largest absolute Gasteiger partial charge is 0.341 e.